The molecule has 1 aromatic rings. The second-order valence-corrected chi connectivity index (χ2v) is 5.74. The molecule has 0 aliphatic rings. The van der Waals surface area contributed by atoms with Crippen LogP contribution in [0.2, 0.25) is 0 Å². The highest BCUT2D eigenvalue weighted by atomic mass is 79.9. The summed E-state index contributed by atoms with van der Waals surface area (Å²) in [5.74, 6) is 0. The van der Waals surface area contributed by atoms with Crippen LogP contribution < -0.4 is 5.73 Å². The molecule has 4 heteroatoms. The van der Waals surface area contributed by atoms with Crippen LogP contribution in [0.5, 0.6) is 0 Å². The van der Waals surface area contributed by atoms with E-state index in [0.29, 0.717) is 6.04 Å². The van der Waals surface area contributed by atoms with E-state index in [1.807, 2.05) is 0 Å². The second-order valence-electron chi connectivity index (χ2n) is 3.82. The van der Waals surface area contributed by atoms with Crippen LogP contribution in [-0.2, 0) is 6.54 Å². The molecule has 2 N–H and O–H groups in total. The minimum Gasteiger partial charge on any atom is -0.329 e. The Morgan fingerprint density at radius 3 is 2.80 bits per heavy atom. The van der Waals surface area contributed by atoms with Gasteiger partial charge in [-0.25, -0.2) is 0 Å². The summed E-state index contributed by atoms with van der Waals surface area (Å²) >= 11 is 5.27. The monoisotopic (exact) mass is 290 g/mol. The lowest BCUT2D eigenvalue weighted by atomic mass is 10.1. The number of hydrogen-bond acceptors (Lipinski definition) is 3. The zero-order valence-corrected chi connectivity index (χ0v) is 11.8. The Bertz CT molecular complexity index is 288. The van der Waals surface area contributed by atoms with Crippen molar-refractivity contribution in [2.45, 2.75) is 32.4 Å². The zero-order chi connectivity index (χ0) is 11.3. The topological polar surface area (TPSA) is 29.3 Å². The smallest absolute Gasteiger partial charge is 0.0328 e. The quantitative estimate of drug-likeness (QED) is 0.872. The first-order chi connectivity index (χ1) is 7.17. The Morgan fingerprint density at radius 1 is 1.60 bits per heavy atom. The highest BCUT2D eigenvalue weighted by molar-refractivity contribution is 9.10. The average molecular weight is 291 g/mol. The number of rotatable bonds is 6. The first-order valence-electron chi connectivity index (χ1n) is 5.30. The molecule has 15 heavy (non-hydrogen) atoms. The molecular formula is C11H19BrN2S. The fraction of sp³-hybridized carbons (Fsp3) is 0.636. The van der Waals surface area contributed by atoms with E-state index in [1.165, 1.54) is 22.2 Å². The highest BCUT2D eigenvalue weighted by Crippen LogP contribution is 2.21. The van der Waals surface area contributed by atoms with Gasteiger partial charge in [0.1, 0.15) is 0 Å². The van der Waals surface area contributed by atoms with E-state index in [-0.39, 0.29) is 0 Å². The number of nitrogens with two attached hydrogens (primary N) is 1. The first kappa shape index (κ1) is 13.2. The third-order valence-corrected chi connectivity index (χ3v) is 4.23. The lowest BCUT2D eigenvalue weighted by Crippen LogP contribution is -2.37. The van der Waals surface area contributed by atoms with Gasteiger partial charge in [0.15, 0.2) is 0 Å². The van der Waals surface area contributed by atoms with Gasteiger partial charge in [0, 0.05) is 33.9 Å². The summed E-state index contributed by atoms with van der Waals surface area (Å²) in [6, 6.07) is 2.69. The van der Waals surface area contributed by atoms with Crippen LogP contribution in [0.4, 0.5) is 0 Å². The third kappa shape index (κ3) is 4.23. The summed E-state index contributed by atoms with van der Waals surface area (Å²) < 4.78 is 1.18. The van der Waals surface area contributed by atoms with Crippen molar-refractivity contribution in [1.82, 2.24) is 4.90 Å². The maximum absolute atomic E-state index is 5.77. The predicted molar refractivity (Wildman–Crippen MR) is 71.2 cm³/mol. The summed E-state index contributed by atoms with van der Waals surface area (Å²) in [5, 5.41) is 2.13. The standard InChI is InChI=1S/C11H19BrN2S/c1-3-4-10(6-13)14(2)7-11-5-9(12)8-15-11/h5,8,10H,3-4,6-7,13H2,1-2H3. The molecular weight excluding hydrogens is 272 g/mol. The predicted octanol–water partition coefficient (Wildman–Crippen LogP) is 3.07. The first-order valence-corrected chi connectivity index (χ1v) is 6.97. The molecule has 0 bridgehead atoms. The number of nitrogens with zero attached hydrogens (tertiary/aromatic N) is 1. The van der Waals surface area contributed by atoms with Gasteiger partial charge in [0.05, 0.1) is 0 Å². The Kier molecular flexibility index (Phi) is 5.82. The Morgan fingerprint density at radius 2 is 2.33 bits per heavy atom. The molecule has 86 valence electrons. The second kappa shape index (κ2) is 6.63. The molecule has 0 fully saturated rings. The number of halogens is 1. The van der Waals surface area contributed by atoms with E-state index in [2.05, 4.69) is 46.2 Å². The lowest BCUT2D eigenvalue weighted by Gasteiger charge is -2.26. The van der Waals surface area contributed by atoms with Crippen molar-refractivity contribution < 1.29 is 0 Å². The number of likely N-dealkylation sites (N-methyl/N-ethyl adjacent to an activating group) is 1. The van der Waals surface area contributed by atoms with Crippen LogP contribution in [0.25, 0.3) is 0 Å². The molecule has 0 saturated heterocycles. The van der Waals surface area contributed by atoms with Gasteiger partial charge in [-0.2, -0.15) is 0 Å². The lowest BCUT2D eigenvalue weighted by molar-refractivity contribution is 0.228. The van der Waals surface area contributed by atoms with Gasteiger partial charge in [-0.1, -0.05) is 13.3 Å². The molecule has 1 atom stereocenters. The molecule has 0 spiro atoms. The van der Waals surface area contributed by atoms with Crippen LogP contribution in [0.15, 0.2) is 15.9 Å². The van der Waals surface area contributed by atoms with Gasteiger partial charge in [-0.15, -0.1) is 11.3 Å². The summed E-state index contributed by atoms with van der Waals surface area (Å²) in [6.45, 7) is 3.95. The van der Waals surface area contributed by atoms with E-state index >= 15 is 0 Å². The fourth-order valence-electron chi connectivity index (χ4n) is 1.66. The maximum Gasteiger partial charge on any atom is 0.0328 e. The average Bonchev–Trinajstić information content (AvgIpc) is 2.60. The van der Waals surface area contributed by atoms with Crippen LogP contribution in [0, 0.1) is 0 Å². The van der Waals surface area contributed by atoms with Gasteiger partial charge < -0.3 is 5.73 Å². The van der Waals surface area contributed by atoms with Crippen LogP contribution in [0.3, 0.4) is 0 Å². The molecule has 1 unspecified atom stereocenters. The van der Waals surface area contributed by atoms with Crippen molar-refractivity contribution in [3.63, 3.8) is 0 Å². The molecule has 0 radical (unpaired) electrons. The van der Waals surface area contributed by atoms with Crippen LogP contribution in [-0.4, -0.2) is 24.5 Å². The van der Waals surface area contributed by atoms with Crippen molar-refractivity contribution in [1.29, 1.82) is 0 Å². The van der Waals surface area contributed by atoms with Crippen LogP contribution in [0.1, 0.15) is 24.6 Å². The summed E-state index contributed by atoms with van der Waals surface area (Å²) in [6.07, 6.45) is 2.37. The third-order valence-electron chi connectivity index (χ3n) is 2.54. The number of hydrogen-bond donors (Lipinski definition) is 1. The Labute approximate surface area is 105 Å². The molecule has 0 saturated carbocycles. The summed E-state index contributed by atoms with van der Waals surface area (Å²) in [7, 11) is 2.15. The van der Waals surface area contributed by atoms with Gasteiger partial charge in [-0.3, -0.25) is 4.90 Å². The summed E-state index contributed by atoms with van der Waals surface area (Å²) in [5.41, 5.74) is 5.77. The molecule has 1 heterocycles. The molecule has 0 aliphatic carbocycles. The molecule has 0 aromatic carbocycles. The maximum atomic E-state index is 5.77. The molecule has 2 nitrogen and oxygen atoms in total. The van der Waals surface area contributed by atoms with Crippen molar-refractivity contribution >= 4 is 27.3 Å². The van der Waals surface area contributed by atoms with E-state index in [4.69, 9.17) is 5.73 Å². The zero-order valence-electron chi connectivity index (χ0n) is 9.37. The van der Waals surface area contributed by atoms with Crippen LogP contribution >= 0.6 is 27.3 Å². The van der Waals surface area contributed by atoms with Crippen molar-refractivity contribution in [2.75, 3.05) is 13.6 Å². The number of thiophene rings is 1. The molecule has 0 aliphatic heterocycles. The minimum atomic E-state index is 0.510. The minimum absolute atomic E-state index is 0.510. The van der Waals surface area contributed by atoms with Crippen molar-refractivity contribution in [3.8, 4) is 0 Å². The summed E-state index contributed by atoms with van der Waals surface area (Å²) in [4.78, 5) is 3.74. The largest absolute Gasteiger partial charge is 0.329 e. The van der Waals surface area contributed by atoms with E-state index in [0.717, 1.165) is 13.1 Å². The molecule has 0 amide bonds. The normalized spacial score (nSPS) is 13.4. The van der Waals surface area contributed by atoms with Gasteiger partial charge in [0.25, 0.3) is 0 Å². The fourth-order valence-corrected chi connectivity index (χ4v) is 3.18. The van der Waals surface area contributed by atoms with Crippen molar-refractivity contribution in [3.05, 3.63) is 20.8 Å². The molecule has 1 aromatic heterocycles. The van der Waals surface area contributed by atoms with E-state index < -0.39 is 0 Å². The van der Waals surface area contributed by atoms with Gasteiger partial charge in [0.2, 0.25) is 0 Å². The van der Waals surface area contributed by atoms with E-state index in [1.54, 1.807) is 11.3 Å². The Balaban J connectivity index is 2.49. The highest BCUT2D eigenvalue weighted by Gasteiger charge is 2.12. The van der Waals surface area contributed by atoms with E-state index in [9.17, 15) is 0 Å². The SMILES string of the molecule is CCCC(CN)N(C)Cc1cc(Br)cs1. The molecule has 1 rings (SSSR count). The Hall–Kier alpha value is 0.1000. The van der Waals surface area contributed by atoms with Gasteiger partial charge >= 0.3 is 0 Å². The van der Waals surface area contributed by atoms with Gasteiger partial charge in [-0.05, 0) is 35.5 Å². The van der Waals surface area contributed by atoms with Crippen molar-refractivity contribution in [2.24, 2.45) is 5.73 Å².